The lowest BCUT2D eigenvalue weighted by atomic mass is 10.3. The molecule has 0 spiro atoms. The van der Waals surface area contributed by atoms with Gasteiger partial charge in [0.05, 0.1) is 0 Å². The molecule has 0 fully saturated rings. The lowest BCUT2D eigenvalue weighted by Gasteiger charge is -1.87. The Kier molecular flexibility index (Phi) is 6.53. The Balaban J connectivity index is 0.000000217. The van der Waals surface area contributed by atoms with Crippen molar-refractivity contribution in [1.29, 1.82) is 0 Å². The summed E-state index contributed by atoms with van der Waals surface area (Å²) in [7, 11) is 0. The molecule has 3 heteroatoms. The number of hydrogen-bond donors (Lipinski definition) is 2. The molecule has 0 bridgehead atoms. The number of phenols is 1. The molecule has 1 aromatic rings. The first-order valence-corrected chi connectivity index (χ1v) is 4.16. The molecule has 0 aliphatic heterocycles. The van der Waals surface area contributed by atoms with Gasteiger partial charge in [0.15, 0.2) is 0 Å². The lowest BCUT2D eigenvalue weighted by molar-refractivity contribution is 0.252. The lowest BCUT2D eigenvalue weighted by Crippen LogP contribution is -1.88. The van der Waals surface area contributed by atoms with Gasteiger partial charge in [0, 0.05) is 0 Å². The molecule has 0 aliphatic rings. The topological polar surface area (TPSA) is 40.5 Å². The summed E-state index contributed by atoms with van der Waals surface area (Å²) in [6.07, 6.45) is 0.627. The SMILES string of the molecule is CCC(O)Cl.Oc1ccccc1. The molecule has 0 radical (unpaired) electrons. The van der Waals surface area contributed by atoms with Crippen LogP contribution in [0.25, 0.3) is 0 Å². The van der Waals surface area contributed by atoms with Gasteiger partial charge in [0.1, 0.15) is 11.3 Å². The van der Waals surface area contributed by atoms with Crippen LogP contribution in [0.1, 0.15) is 13.3 Å². The second-order valence-electron chi connectivity index (χ2n) is 2.18. The molecule has 1 rings (SSSR count). The van der Waals surface area contributed by atoms with Crippen LogP contribution in [0, 0.1) is 0 Å². The van der Waals surface area contributed by atoms with Crippen LogP contribution >= 0.6 is 11.6 Å². The van der Waals surface area contributed by atoms with Crippen molar-refractivity contribution in [2.75, 3.05) is 0 Å². The third-order valence-electron chi connectivity index (χ3n) is 1.09. The Labute approximate surface area is 77.4 Å². The predicted octanol–water partition coefficient (Wildman–Crippen LogP) is 2.35. The molecule has 1 unspecified atom stereocenters. The Bertz CT molecular complexity index is 187. The summed E-state index contributed by atoms with van der Waals surface area (Å²) in [6, 6.07) is 8.71. The van der Waals surface area contributed by atoms with E-state index >= 15 is 0 Å². The van der Waals surface area contributed by atoms with Crippen LogP contribution in [0.2, 0.25) is 0 Å². The van der Waals surface area contributed by atoms with E-state index in [1.165, 1.54) is 0 Å². The normalized spacial score (nSPS) is 11.2. The summed E-state index contributed by atoms with van der Waals surface area (Å²) in [6.45, 7) is 1.82. The third kappa shape index (κ3) is 7.38. The van der Waals surface area contributed by atoms with E-state index in [1.807, 2.05) is 13.0 Å². The second-order valence-corrected chi connectivity index (χ2v) is 2.68. The van der Waals surface area contributed by atoms with E-state index in [-0.39, 0.29) is 0 Å². The minimum absolute atomic E-state index is 0.322. The van der Waals surface area contributed by atoms with E-state index in [0.717, 1.165) is 0 Å². The van der Waals surface area contributed by atoms with E-state index < -0.39 is 5.56 Å². The van der Waals surface area contributed by atoms with Gasteiger partial charge in [-0.25, -0.2) is 0 Å². The number of halogens is 1. The highest BCUT2D eigenvalue weighted by Gasteiger charge is 1.85. The molecular weight excluding hydrogens is 176 g/mol. The first-order chi connectivity index (χ1) is 5.66. The van der Waals surface area contributed by atoms with Crippen LogP contribution in [-0.4, -0.2) is 15.8 Å². The van der Waals surface area contributed by atoms with Crippen LogP contribution in [0.4, 0.5) is 0 Å². The predicted molar refractivity (Wildman–Crippen MR) is 50.3 cm³/mol. The van der Waals surface area contributed by atoms with Crippen molar-refractivity contribution in [3.05, 3.63) is 30.3 Å². The van der Waals surface area contributed by atoms with Crippen LogP contribution in [0.15, 0.2) is 30.3 Å². The number of aliphatic hydroxyl groups excluding tert-OH is 1. The quantitative estimate of drug-likeness (QED) is 0.665. The van der Waals surface area contributed by atoms with Crippen molar-refractivity contribution in [2.45, 2.75) is 18.9 Å². The van der Waals surface area contributed by atoms with Gasteiger partial charge in [-0.05, 0) is 18.6 Å². The minimum atomic E-state index is -0.644. The second kappa shape index (κ2) is 6.95. The molecule has 0 saturated heterocycles. The summed E-state index contributed by atoms with van der Waals surface area (Å²) in [5.41, 5.74) is -0.644. The number of aliphatic hydroxyl groups is 1. The Hall–Kier alpha value is -0.730. The van der Waals surface area contributed by atoms with Gasteiger partial charge in [0.2, 0.25) is 0 Å². The maximum absolute atomic E-state index is 8.63. The first kappa shape index (κ1) is 11.3. The Morgan fingerprint density at radius 2 is 1.75 bits per heavy atom. The van der Waals surface area contributed by atoms with Crippen molar-refractivity contribution < 1.29 is 10.2 Å². The maximum Gasteiger partial charge on any atom is 0.127 e. The van der Waals surface area contributed by atoms with Gasteiger partial charge < -0.3 is 10.2 Å². The summed E-state index contributed by atoms with van der Waals surface area (Å²) >= 11 is 5.02. The van der Waals surface area contributed by atoms with Gasteiger partial charge in [0.25, 0.3) is 0 Å². The molecule has 2 N–H and O–H groups in total. The van der Waals surface area contributed by atoms with E-state index in [1.54, 1.807) is 24.3 Å². The summed E-state index contributed by atoms with van der Waals surface area (Å²) in [5, 5.41) is 16.8. The van der Waals surface area contributed by atoms with Gasteiger partial charge >= 0.3 is 0 Å². The Morgan fingerprint density at radius 1 is 1.33 bits per heavy atom. The van der Waals surface area contributed by atoms with Crippen molar-refractivity contribution in [2.24, 2.45) is 0 Å². The zero-order valence-electron chi connectivity index (χ0n) is 6.94. The molecule has 0 aliphatic carbocycles. The van der Waals surface area contributed by atoms with E-state index in [9.17, 15) is 0 Å². The van der Waals surface area contributed by atoms with E-state index in [4.69, 9.17) is 21.8 Å². The average molecular weight is 189 g/mol. The standard InChI is InChI=1S/C6H6O.C3H7ClO/c7-6-4-2-1-3-5-6;1-2-3(4)5/h1-5,7H;3,5H,2H2,1H3. The molecule has 12 heavy (non-hydrogen) atoms. The van der Waals surface area contributed by atoms with Gasteiger partial charge in [-0.3, -0.25) is 0 Å². The zero-order valence-corrected chi connectivity index (χ0v) is 7.70. The van der Waals surface area contributed by atoms with Crippen molar-refractivity contribution in [3.63, 3.8) is 0 Å². The smallest absolute Gasteiger partial charge is 0.127 e. The summed E-state index contributed by atoms with van der Waals surface area (Å²) in [5.74, 6) is 0.322. The average Bonchev–Trinajstić information content (AvgIpc) is 2.07. The van der Waals surface area contributed by atoms with Gasteiger partial charge in [-0.1, -0.05) is 36.7 Å². The molecule has 68 valence electrons. The number of benzene rings is 1. The van der Waals surface area contributed by atoms with Gasteiger partial charge in [-0.2, -0.15) is 0 Å². The largest absolute Gasteiger partial charge is 0.508 e. The fourth-order valence-electron chi connectivity index (χ4n) is 0.428. The minimum Gasteiger partial charge on any atom is -0.508 e. The highest BCUT2D eigenvalue weighted by atomic mass is 35.5. The first-order valence-electron chi connectivity index (χ1n) is 3.73. The number of hydrogen-bond acceptors (Lipinski definition) is 2. The molecule has 0 amide bonds. The number of aromatic hydroxyl groups is 1. The number of para-hydroxylation sites is 1. The van der Waals surface area contributed by atoms with Crippen LogP contribution in [-0.2, 0) is 0 Å². The van der Waals surface area contributed by atoms with Crippen molar-refractivity contribution in [1.82, 2.24) is 0 Å². The highest BCUT2D eigenvalue weighted by molar-refractivity contribution is 6.19. The summed E-state index contributed by atoms with van der Waals surface area (Å²) in [4.78, 5) is 0. The molecule has 1 atom stereocenters. The van der Waals surface area contributed by atoms with E-state index in [2.05, 4.69) is 0 Å². The van der Waals surface area contributed by atoms with Crippen molar-refractivity contribution in [3.8, 4) is 5.75 Å². The number of rotatable bonds is 1. The monoisotopic (exact) mass is 188 g/mol. The molecule has 1 aromatic carbocycles. The fraction of sp³-hybridized carbons (Fsp3) is 0.333. The van der Waals surface area contributed by atoms with Crippen LogP contribution < -0.4 is 0 Å². The molecule has 0 saturated carbocycles. The Morgan fingerprint density at radius 3 is 1.92 bits per heavy atom. The third-order valence-corrected chi connectivity index (χ3v) is 1.40. The zero-order chi connectivity index (χ0) is 9.40. The van der Waals surface area contributed by atoms with Crippen LogP contribution in [0.5, 0.6) is 5.75 Å². The van der Waals surface area contributed by atoms with Gasteiger partial charge in [-0.15, -0.1) is 0 Å². The fourth-order valence-corrected chi connectivity index (χ4v) is 0.428. The van der Waals surface area contributed by atoms with E-state index in [0.29, 0.717) is 12.2 Å². The number of phenolic OH excluding ortho intramolecular Hbond substituents is 1. The van der Waals surface area contributed by atoms with Crippen molar-refractivity contribution >= 4 is 11.6 Å². The molecular formula is C9H13ClO2. The van der Waals surface area contributed by atoms with Crippen LogP contribution in [0.3, 0.4) is 0 Å². The summed E-state index contributed by atoms with van der Waals surface area (Å²) < 4.78 is 0. The number of alkyl halides is 1. The highest BCUT2D eigenvalue weighted by Crippen LogP contribution is 2.02. The maximum atomic E-state index is 8.63. The molecule has 0 aromatic heterocycles. The molecule has 0 heterocycles. The molecule has 2 nitrogen and oxygen atoms in total.